The van der Waals surface area contributed by atoms with E-state index in [0.29, 0.717) is 11.3 Å². The third-order valence-electron chi connectivity index (χ3n) is 2.69. The van der Waals surface area contributed by atoms with Crippen LogP contribution < -0.4 is 5.32 Å². The maximum atomic E-state index is 5.86. The highest BCUT2D eigenvalue weighted by molar-refractivity contribution is 7.99. The Morgan fingerprint density at radius 1 is 1.24 bits per heavy atom. The van der Waals surface area contributed by atoms with Gasteiger partial charge < -0.3 is 5.32 Å². The topological polar surface area (TPSA) is 12.0 Å². The number of benzene rings is 1. The molecular weight excluding hydrogens is 250 g/mol. The van der Waals surface area contributed by atoms with Crippen molar-refractivity contribution in [3.8, 4) is 0 Å². The van der Waals surface area contributed by atoms with Gasteiger partial charge in [-0.1, -0.05) is 37.6 Å². The quantitative estimate of drug-likeness (QED) is 0.791. The summed E-state index contributed by atoms with van der Waals surface area (Å²) in [6.45, 7) is 7.76. The van der Waals surface area contributed by atoms with Crippen LogP contribution >= 0.6 is 23.4 Å². The van der Waals surface area contributed by atoms with Gasteiger partial charge in [0.05, 0.1) is 0 Å². The van der Waals surface area contributed by atoms with Crippen molar-refractivity contribution in [1.29, 1.82) is 0 Å². The fourth-order valence-electron chi connectivity index (χ4n) is 1.82. The SMILES string of the molecule is CCNC(C)CC(C)SCc1ccc(Cl)cc1. The standard InChI is InChI=1S/C14H22ClNS/c1-4-16-11(2)9-12(3)17-10-13-5-7-14(15)8-6-13/h5-8,11-12,16H,4,9-10H2,1-3H3. The molecule has 0 saturated heterocycles. The van der Waals surface area contributed by atoms with Gasteiger partial charge in [-0.3, -0.25) is 0 Å². The molecule has 0 spiro atoms. The van der Waals surface area contributed by atoms with Crippen LogP contribution in [-0.4, -0.2) is 17.8 Å². The maximum Gasteiger partial charge on any atom is 0.0406 e. The van der Waals surface area contributed by atoms with Crippen LogP contribution in [-0.2, 0) is 5.75 Å². The molecule has 1 N–H and O–H groups in total. The molecule has 0 saturated carbocycles. The molecule has 17 heavy (non-hydrogen) atoms. The van der Waals surface area contributed by atoms with E-state index in [-0.39, 0.29) is 0 Å². The molecule has 1 aromatic rings. The van der Waals surface area contributed by atoms with E-state index in [0.717, 1.165) is 17.3 Å². The summed E-state index contributed by atoms with van der Waals surface area (Å²) in [5, 5.41) is 4.94. The van der Waals surface area contributed by atoms with Gasteiger partial charge in [0.2, 0.25) is 0 Å². The zero-order chi connectivity index (χ0) is 12.7. The van der Waals surface area contributed by atoms with Crippen molar-refractivity contribution in [2.45, 2.75) is 44.2 Å². The summed E-state index contributed by atoms with van der Waals surface area (Å²) >= 11 is 7.87. The van der Waals surface area contributed by atoms with E-state index in [2.05, 4.69) is 38.2 Å². The molecule has 0 amide bonds. The van der Waals surface area contributed by atoms with Crippen LogP contribution in [0.2, 0.25) is 5.02 Å². The zero-order valence-electron chi connectivity index (χ0n) is 10.9. The van der Waals surface area contributed by atoms with Gasteiger partial charge in [-0.25, -0.2) is 0 Å². The lowest BCUT2D eigenvalue weighted by Crippen LogP contribution is -2.28. The Balaban J connectivity index is 2.27. The van der Waals surface area contributed by atoms with Gasteiger partial charge in [0.25, 0.3) is 0 Å². The van der Waals surface area contributed by atoms with E-state index < -0.39 is 0 Å². The predicted octanol–water partition coefficient (Wildman–Crippen LogP) is 4.35. The van der Waals surface area contributed by atoms with Crippen LogP contribution in [0.4, 0.5) is 0 Å². The molecule has 1 rings (SSSR count). The summed E-state index contributed by atoms with van der Waals surface area (Å²) in [7, 11) is 0. The molecule has 0 aliphatic rings. The van der Waals surface area contributed by atoms with E-state index in [1.165, 1.54) is 12.0 Å². The summed E-state index contributed by atoms with van der Waals surface area (Å²) in [6.07, 6.45) is 1.21. The summed E-state index contributed by atoms with van der Waals surface area (Å²) in [5.74, 6) is 1.07. The van der Waals surface area contributed by atoms with Crippen molar-refractivity contribution in [3.63, 3.8) is 0 Å². The molecule has 1 aromatic carbocycles. The molecule has 0 fully saturated rings. The van der Waals surface area contributed by atoms with Crippen molar-refractivity contribution in [1.82, 2.24) is 5.32 Å². The Hall–Kier alpha value is -0.180. The first-order chi connectivity index (χ1) is 8.11. The van der Waals surface area contributed by atoms with Crippen LogP contribution in [0, 0.1) is 0 Å². The second-order valence-electron chi connectivity index (χ2n) is 4.44. The molecule has 96 valence electrons. The summed E-state index contributed by atoms with van der Waals surface area (Å²) in [5.41, 5.74) is 1.35. The van der Waals surface area contributed by atoms with Gasteiger partial charge in [-0.05, 0) is 37.6 Å². The Bertz CT molecular complexity index is 313. The summed E-state index contributed by atoms with van der Waals surface area (Å²) in [6, 6.07) is 8.74. The normalized spacial score (nSPS) is 14.6. The van der Waals surface area contributed by atoms with Crippen molar-refractivity contribution >= 4 is 23.4 Å². The monoisotopic (exact) mass is 271 g/mol. The van der Waals surface area contributed by atoms with Crippen molar-refractivity contribution in [2.24, 2.45) is 0 Å². The lowest BCUT2D eigenvalue weighted by atomic mass is 10.2. The van der Waals surface area contributed by atoms with Crippen LogP contribution in [0.3, 0.4) is 0 Å². The average molecular weight is 272 g/mol. The number of hydrogen-bond acceptors (Lipinski definition) is 2. The van der Waals surface area contributed by atoms with Gasteiger partial charge in [-0.2, -0.15) is 11.8 Å². The fourth-order valence-corrected chi connectivity index (χ4v) is 3.04. The van der Waals surface area contributed by atoms with E-state index >= 15 is 0 Å². The first-order valence-corrected chi connectivity index (χ1v) is 7.64. The molecule has 0 bridgehead atoms. The van der Waals surface area contributed by atoms with E-state index in [1.807, 2.05) is 23.9 Å². The van der Waals surface area contributed by atoms with Crippen LogP contribution in [0.1, 0.15) is 32.8 Å². The minimum absolute atomic E-state index is 0.604. The predicted molar refractivity (Wildman–Crippen MR) is 80.0 cm³/mol. The minimum atomic E-state index is 0.604. The Kier molecular flexibility index (Phi) is 7.02. The molecule has 2 unspecified atom stereocenters. The lowest BCUT2D eigenvalue weighted by molar-refractivity contribution is 0.530. The molecule has 0 radical (unpaired) electrons. The highest BCUT2D eigenvalue weighted by atomic mass is 35.5. The van der Waals surface area contributed by atoms with Crippen LogP contribution in [0.15, 0.2) is 24.3 Å². The molecule has 0 aliphatic heterocycles. The first kappa shape index (κ1) is 14.9. The van der Waals surface area contributed by atoms with Gasteiger partial charge in [0.1, 0.15) is 0 Å². The Labute approximate surface area is 114 Å². The van der Waals surface area contributed by atoms with Crippen LogP contribution in [0.5, 0.6) is 0 Å². The fraction of sp³-hybridized carbons (Fsp3) is 0.571. The largest absolute Gasteiger partial charge is 0.314 e. The van der Waals surface area contributed by atoms with E-state index in [4.69, 9.17) is 11.6 Å². The average Bonchev–Trinajstić information content (AvgIpc) is 2.28. The summed E-state index contributed by atoms with van der Waals surface area (Å²) < 4.78 is 0. The highest BCUT2D eigenvalue weighted by Crippen LogP contribution is 2.22. The van der Waals surface area contributed by atoms with E-state index in [9.17, 15) is 0 Å². The lowest BCUT2D eigenvalue weighted by Gasteiger charge is -2.17. The van der Waals surface area contributed by atoms with Crippen molar-refractivity contribution < 1.29 is 0 Å². The van der Waals surface area contributed by atoms with E-state index in [1.54, 1.807) is 0 Å². The number of hydrogen-bond donors (Lipinski definition) is 1. The van der Waals surface area contributed by atoms with Gasteiger partial charge >= 0.3 is 0 Å². The third kappa shape index (κ3) is 6.35. The first-order valence-electron chi connectivity index (χ1n) is 6.21. The minimum Gasteiger partial charge on any atom is -0.314 e. The number of halogens is 1. The van der Waals surface area contributed by atoms with Crippen molar-refractivity contribution in [3.05, 3.63) is 34.9 Å². The number of thioether (sulfide) groups is 1. The molecule has 2 atom stereocenters. The second kappa shape index (κ2) is 8.02. The molecule has 3 heteroatoms. The second-order valence-corrected chi connectivity index (χ2v) is 6.31. The molecule has 0 aromatic heterocycles. The highest BCUT2D eigenvalue weighted by Gasteiger charge is 2.08. The zero-order valence-corrected chi connectivity index (χ0v) is 12.4. The number of rotatable bonds is 7. The third-order valence-corrected chi connectivity index (χ3v) is 4.20. The Morgan fingerprint density at radius 3 is 2.47 bits per heavy atom. The van der Waals surface area contributed by atoms with Crippen molar-refractivity contribution in [2.75, 3.05) is 6.54 Å². The Morgan fingerprint density at radius 2 is 1.88 bits per heavy atom. The molecular formula is C14H22ClNS. The van der Waals surface area contributed by atoms with Gasteiger partial charge in [0.15, 0.2) is 0 Å². The maximum absolute atomic E-state index is 5.86. The molecule has 1 nitrogen and oxygen atoms in total. The number of nitrogens with one attached hydrogen (secondary N) is 1. The summed E-state index contributed by atoms with van der Waals surface area (Å²) in [4.78, 5) is 0. The smallest absolute Gasteiger partial charge is 0.0406 e. The molecule has 0 heterocycles. The van der Waals surface area contributed by atoms with Crippen LogP contribution in [0.25, 0.3) is 0 Å². The van der Waals surface area contributed by atoms with Gasteiger partial charge in [0, 0.05) is 22.1 Å². The van der Waals surface area contributed by atoms with Gasteiger partial charge in [-0.15, -0.1) is 0 Å². The molecule has 0 aliphatic carbocycles.